The summed E-state index contributed by atoms with van der Waals surface area (Å²) in [5.41, 5.74) is 2.67. The van der Waals surface area contributed by atoms with Gasteiger partial charge in [0.15, 0.2) is 11.6 Å². The Kier molecular flexibility index (Phi) is 14.2. The van der Waals surface area contributed by atoms with Crippen LogP contribution in [0.25, 0.3) is 17.2 Å². The molecule has 206 valence electrons. The maximum absolute atomic E-state index is 12.3. The van der Waals surface area contributed by atoms with Crippen molar-refractivity contribution in [2.24, 2.45) is 5.92 Å². The Balaban J connectivity index is 0.000000405. The Labute approximate surface area is 226 Å². The van der Waals surface area contributed by atoms with Crippen molar-refractivity contribution in [3.8, 4) is 28.8 Å². The predicted molar refractivity (Wildman–Crippen MR) is 150 cm³/mol. The van der Waals surface area contributed by atoms with E-state index in [0.717, 1.165) is 29.2 Å². The summed E-state index contributed by atoms with van der Waals surface area (Å²) in [6, 6.07) is 11.5. The minimum atomic E-state index is -0.377. The van der Waals surface area contributed by atoms with Gasteiger partial charge in [0.25, 0.3) is 0 Å². The average Bonchev–Trinajstić information content (AvgIpc) is 3.33. The molecule has 0 N–H and O–H groups in total. The third-order valence-electron chi connectivity index (χ3n) is 4.90. The molecule has 0 amide bonds. The van der Waals surface area contributed by atoms with E-state index in [2.05, 4.69) is 39.0 Å². The monoisotopic (exact) mass is 524 g/mol. The van der Waals surface area contributed by atoms with Gasteiger partial charge in [-0.1, -0.05) is 59.7 Å². The van der Waals surface area contributed by atoms with E-state index in [9.17, 15) is 4.39 Å². The minimum Gasteiger partial charge on any atom is -0.495 e. The third kappa shape index (κ3) is 8.90. The van der Waals surface area contributed by atoms with Gasteiger partial charge in [-0.05, 0) is 37.5 Å². The second-order valence-corrected chi connectivity index (χ2v) is 8.01. The van der Waals surface area contributed by atoms with Crippen LogP contribution in [0.3, 0.4) is 0 Å². The summed E-state index contributed by atoms with van der Waals surface area (Å²) < 4.78 is 25.0. The van der Waals surface area contributed by atoms with Gasteiger partial charge in [-0.25, -0.2) is 19.3 Å². The topological polar surface area (TPSA) is 87.8 Å². The highest BCUT2D eigenvalue weighted by atomic mass is 19.1. The maximum atomic E-state index is 12.3. The third-order valence-corrected chi connectivity index (χ3v) is 4.90. The quantitative estimate of drug-likeness (QED) is 0.273. The fourth-order valence-electron chi connectivity index (χ4n) is 3.34. The van der Waals surface area contributed by atoms with Gasteiger partial charge in [0.1, 0.15) is 23.1 Å². The van der Waals surface area contributed by atoms with E-state index in [1.165, 1.54) is 12.4 Å². The molecule has 9 heteroatoms. The highest BCUT2D eigenvalue weighted by Gasteiger charge is 2.19. The maximum Gasteiger partial charge on any atom is 0.213 e. The van der Waals surface area contributed by atoms with Crippen LogP contribution in [0.2, 0.25) is 0 Å². The van der Waals surface area contributed by atoms with Gasteiger partial charge < -0.3 is 9.47 Å². The van der Waals surface area contributed by atoms with Crippen molar-refractivity contribution in [3.05, 3.63) is 71.8 Å². The van der Waals surface area contributed by atoms with E-state index in [1.54, 1.807) is 20.3 Å². The minimum absolute atomic E-state index is 0.377. The summed E-state index contributed by atoms with van der Waals surface area (Å²) in [4.78, 5) is 12.1. The molecule has 0 radical (unpaired) electrons. The van der Waals surface area contributed by atoms with Gasteiger partial charge in [0.05, 0.1) is 32.3 Å². The normalized spacial score (nSPS) is 9.79. The first-order valence-electron chi connectivity index (χ1n) is 12.9. The fraction of sp³-hybridized carbons (Fsp3) is 0.414. The van der Waals surface area contributed by atoms with E-state index in [4.69, 9.17) is 9.47 Å². The van der Waals surface area contributed by atoms with Gasteiger partial charge in [0, 0.05) is 12.5 Å². The van der Waals surface area contributed by atoms with Crippen molar-refractivity contribution in [1.82, 2.24) is 29.7 Å². The van der Waals surface area contributed by atoms with Crippen molar-refractivity contribution in [3.63, 3.8) is 0 Å². The Bertz CT molecular complexity index is 1230. The molecule has 1 aromatic carbocycles. The second kappa shape index (κ2) is 16.8. The molecule has 0 saturated carbocycles. The Morgan fingerprint density at radius 2 is 1.50 bits per heavy atom. The van der Waals surface area contributed by atoms with Crippen molar-refractivity contribution >= 4 is 0 Å². The molecule has 0 aliphatic rings. The number of halogens is 1. The van der Waals surface area contributed by atoms with E-state index in [1.807, 2.05) is 76.4 Å². The molecule has 3 aromatic heterocycles. The molecular formula is C29H41FN6O2. The smallest absolute Gasteiger partial charge is 0.213 e. The van der Waals surface area contributed by atoms with Gasteiger partial charge in [-0.2, -0.15) is 0 Å². The standard InChI is InChI=1S/C17H18N4O2.C8H11FN2.2C2H6/c1-11-7-5-9-14(22-3)16(11)21-12(2)19-20-17(21)13-8-6-10-15(18-13)23-4;1-6(2)3-8-10-4-7(9)5-11-8;2*1-2/h5-10H,1-4H3;4-6H,3H2,1-2H3;2*1-2H3. The van der Waals surface area contributed by atoms with E-state index < -0.39 is 0 Å². The summed E-state index contributed by atoms with van der Waals surface area (Å²) >= 11 is 0. The number of hydrogen-bond acceptors (Lipinski definition) is 7. The zero-order chi connectivity index (χ0) is 28.7. The van der Waals surface area contributed by atoms with Crippen LogP contribution in [0.15, 0.2) is 48.8 Å². The Hall–Kier alpha value is -3.88. The molecular weight excluding hydrogens is 483 g/mol. The summed E-state index contributed by atoms with van der Waals surface area (Å²) in [7, 11) is 3.24. The SMILES string of the molecule is CC.CC.CC(C)Cc1ncc(F)cn1.COc1cccc(-c2nnc(C)n2-c2c(C)cccc2OC)n1. The van der Waals surface area contributed by atoms with E-state index in [0.29, 0.717) is 29.1 Å². The molecule has 0 saturated heterocycles. The molecule has 0 fully saturated rings. The zero-order valence-corrected chi connectivity index (χ0v) is 24.3. The average molecular weight is 525 g/mol. The summed E-state index contributed by atoms with van der Waals surface area (Å²) in [5.74, 6) is 3.55. The number of rotatable bonds is 6. The molecule has 4 aromatic rings. The van der Waals surface area contributed by atoms with Crippen molar-refractivity contribution in [1.29, 1.82) is 0 Å². The lowest BCUT2D eigenvalue weighted by molar-refractivity contribution is 0.398. The van der Waals surface area contributed by atoms with Gasteiger partial charge in [-0.15, -0.1) is 10.2 Å². The van der Waals surface area contributed by atoms with Gasteiger partial charge in [0.2, 0.25) is 5.88 Å². The highest BCUT2D eigenvalue weighted by molar-refractivity contribution is 5.61. The van der Waals surface area contributed by atoms with Crippen LogP contribution in [-0.2, 0) is 6.42 Å². The lowest BCUT2D eigenvalue weighted by Crippen LogP contribution is -2.05. The van der Waals surface area contributed by atoms with Crippen LogP contribution < -0.4 is 9.47 Å². The van der Waals surface area contributed by atoms with Crippen LogP contribution in [-0.4, -0.2) is 43.9 Å². The molecule has 4 rings (SSSR count). The van der Waals surface area contributed by atoms with Gasteiger partial charge >= 0.3 is 0 Å². The number of ether oxygens (including phenoxy) is 2. The predicted octanol–water partition coefficient (Wildman–Crippen LogP) is 6.83. The number of benzene rings is 1. The van der Waals surface area contributed by atoms with Crippen LogP contribution in [0.5, 0.6) is 11.6 Å². The van der Waals surface area contributed by atoms with Crippen molar-refractivity contribution in [2.75, 3.05) is 14.2 Å². The number of hydrogen-bond donors (Lipinski definition) is 0. The molecule has 0 atom stereocenters. The fourth-order valence-corrected chi connectivity index (χ4v) is 3.34. The molecule has 0 aliphatic carbocycles. The largest absolute Gasteiger partial charge is 0.495 e. The van der Waals surface area contributed by atoms with E-state index in [-0.39, 0.29) is 5.82 Å². The number of aromatic nitrogens is 6. The molecule has 0 unspecified atom stereocenters. The summed E-state index contributed by atoms with van der Waals surface area (Å²) in [5, 5.41) is 8.51. The number of aryl methyl sites for hydroxylation is 2. The van der Waals surface area contributed by atoms with Crippen LogP contribution in [0, 0.1) is 25.6 Å². The first kappa shape index (κ1) is 32.1. The summed E-state index contributed by atoms with van der Waals surface area (Å²) in [6.45, 7) is 16.1. The second-order valence-electron chi connectivity index (χ2n) is 8.01. The molecule has 0 aliphatic heterocycles. The Morgan fingerprint density at radius 3 is 2.08 bits per heavy atom. The summed E-state index contributed by atoms with van der Waals surface area (Å²) in [6.07, 6.45) is 3.20. The first-order valence-corrected chi connectivity index (χ1v) is 12.9. The molecule has 8 nitrogen and oxygen atoms in total. The first-order chi connectivity index (χ1) is 18.3. The number of methoxy groups -OCH3 is 2. The molecule has 0 bridgehead atoms. The molecule has 0 spiro atoms. The van der Waals surface area contributed by atoms with Crippen LogP contribution in [0.4, 0.5) is 4.39 Å². The lowest BCUT2D eigenvalue weighted by atomic mass is 10.1. The van der Waals surface area contributed by atoms with Crippen LogP contribution >= 0.6 is 0 Å². The van der Waals surface area contributed by atoms with Crippen LogP contribution in [0.1, 0.15) is 58.8 Å². The number of nitrogens with zero attached hydrogens (tertiary/aromatic N) is 6. The number of pyridine rings is 1. The molecule has 38 heavy (non-hydrogen) atoms. The lowest BCUT2D eigenvalue weighted by Gasteiger charge is -2.15. The van der Waals surface area contributed by atoms with Crippen molar-refractivity contribution in [2.45, 2.75) is 61.8 Å². The van der Waals surface area contributed by atoms with E-state index >= 15 is 0 Å². The molecule has 3 heterocycles. The zero-order valence-electron chi connectivity index (χ0n) is 24.3. The highest BCUT2D eigenvalue weighted by Crippen LogP contribution is 2.31. The van der Waals surface area contributed by atoms with Gasteiger partial charge in [-0.3, -0.25) is 4.57 Å². The Morgan fingerprint density at radius 1 is 0.868 bits per heavy atom. The van der Waals surface area contributed by atoms with Crippen molar-refractivity contribution < 1.29 is 13.9 Å². The number of para-hydroxylation sites is 1.